The minimum atomic E-state index is -0.416. The summed E-state index contributed by atoms with van der Waals surface area (Å²) < 4.78 is 4.32. The van der Waals surface area contributed by atoms with Crippen molar-refractivity contribution in [3.63, 3.8) is 0 Å². The van der Waals surface area contributed by atoms with Gasteiger partial charge >= 0.3 is 337 Å². The molecule has 11 aromatic rings. The Morgan fingerprint density at radius 3 is 1.28 bits per heavy atom. The molecule has 60 heavy (non-hydrogen) atoms. The Hall–Kier alpha value is -6.45. The molecule has 0 nitrogen and oxygen atoms in total. The van der Waals surface area contributed by atoms with Gasteiger partial charge in [-0.05, 0) is 0 Å². The molecular weight excluding hydrogens is 842 g/mol. The molecule has 0 unspecified atom stereocenters. The molecule has 5 radical (unpaired) electrons. The Morgan fingerprint density at radius 1 is 0.250 bits per heavy atom. The van der Waals surface area contributed by atoms with E-state index < -0.39 is 15.4 Å². The molecule has 0 amide bonds. The van der Waals surface area contributed by atoms with Gasteiger partial charge in [-0.2, -0.15) is 0 Å². The predicted molar refractivity (Wildman–Crippen MR) is 259 cm³/mol. The Bertz CT molecular complexity index is 3470. The first kappa shape index (κ1) is 35.5. The molecule has 0 aromatic heterocycles. The van der Waals surface area contributed by atoms with Crippen molar-refractivity contribution in [1.29, 1.82) is 0 Å². The summed E-state index contributed by atoms with van der Waals surface area (Å²) in [5, 5.41) is 10.1. The predicted octanol–water partition coefficient (Wildman–Crippen LogP) is 13.1. The fourth-order valence-corrected chi connectivity index (χ4v) is 13.6. The molecule has 1 heterocycles. The molecule has 2 heteroatoms. The molecule has 0 atom stereocenters. The maximum atomic E-state index is 2.52. The van der Waals surface area contributed by atoms with E-state index in [9.17, 15) is 0 Å². The molecule has 0 fully saturated rings. The zero-order valence-electron chi connectivity index (χ0n) is 32.7. The van der Waals surface area contributed by atoms with Crippen LogP contribution in [0.15, 0.2) is 212 Å². The quantitative estimate of drug-likeness (QED) is 0.119. The van der Waals surface area contributed by atoms with Gasteiger partial charge < -0.3 is 0 Å². The second-order valence-electron chi connectivity index (χ2n) is 15.8. The van der Waals surface area contributed by atoms with Crippen LogP contribution >= 0.6 is 0 Å². The van der Waals surface area contributed by atoms with Gasteiger partial charge in [0.25, 0.3) is 0 Å². The van der Waals surface area contributed by atoms with Gasteiger partial charge in [-0.25, -0.2) is 0 Å². The summed E-state index contributed by atoms with van der Waals surface area (Å²) in [7, 11) is 0. The zero-order chi connectivity index (χ0) is 39.7. The van der Waals surface area contributed by atoms with Gasteiger partial charge in [0, 0.05) is 0 Å². The molecule has 12 rings (SSSR count). The SMILES string of the molecule is [Ge][c]1ccccc1-c1ccccc1-c1cccc2c(-c3c4ccccc4c(-c4ccccc4)c4ccccc34)c3cccc(-c4ccc[c]5c4-c4cccc[c]4[Ge]5)c3cc12. The van der Waals surface area contributed by atoms with Crippen LogP contribution in [0.5, 0.6) is 0 Å². The fourth-order valence-electron chi connectivity index (χ4n) is 10.0. The fraction of sp³-hybridized carbons (Fsp3) is 0. The summed E-state index contributed by atoms with van der Waals surface area (Å²) in [6.07, 6.45) is 0. The van der Waals surface area contributed by atoms with Gasteiger partial charge in [0.15, 0.2) is 0 Å². The van der Waals surface area contributed by atoms with Gasteiger partial charge in [-0.1, -0.05) is 30.3 Å². The van der Waals surface area contributed by atoms with Crippen molar-refractivity contribution in [2.75, 3.05) is 0 Å². The molecule has 1 aliphatic heterocycles. The molecule has 275 valence electrons. The van der Waals surface area contributed by atoms with Gasteiger partial charge in [0.05, 0.1) is 0 Å². The molecule has 0 N–H and O–H groups in total. The van der Waals surface area contributed by atoms with Crippen molar-refractivity contribution in [2.24, 2.45) is 0 Å². The van der Waals surface area contributed by atoms with Crippen LogP contribution in [0.4, 0.5) is 0 Å². The maximum absolute atomic E-state index is 2.52. The van der Waals surface area contributed by atoms with Crippen molar-refractivity contribution in [3.8, 4) is 66.8 Å². The van der Waals surface area contributed by atoms with Crippen molar-refractivity contribution in [3.05, 3.63) is 212 Å². The molecule has 0 saturated carbocycles. The molecule has 0 bridgehead atoms. The van der Waals surface area contributed by atoms with Gasteiger partial charge in [0.1, 0.15) is 0 Å². The van der Waals surface area contributed by atoms with Crippen LogP contribution in [0.2, 0.25) is 0 Å². The van der Waals surface area contributed by atoms with Crippen LogP contribution < -0.4 is 13.2 Å². The summed E-state index contributed by atoms with van der Waals surface area (Å²) in [5.74, 6) is 0. The molecule has 0 aliphatic carbocycles. The van der Waals surface area contributed by atoms with Crippen molar-refractivity contribution < 1.29 is 0 Å². The summed E-state index contributed by atoms with van der Waals surface area (Å²) in [4.78, 5) is 0. The van der Waals surface area contributed by atoms with Gasteiger partial charge in [-0.3, -0.25) is 0 Å². The van der Waals surface area contributed by atoms with Crippen molar-refractivity contribution >= 4 is 88.2 Å². The molecule has 1 aliphatic rings. The Kier molecular flexibility index (Phi) is 8.50. The van der Waals surface area contributed by atoms with E-state index in [2.05, 4.69) is 229 Å². The number of hydrogen-bond donors (Lipinski definition) is 0. The number of rotatable bonds is 5. The van der Waals surface area contributed by atoms with Crippen LogP contribution in [-0.4, -0.2) is 31.9 Å². The summed E-state index contributed by atoms with van der Waals surface area (Å²) in [5.41, 5.74) is 15.5. The van der Waals surface area contributed by atoms with Gasteiger partial charge in [-0.15, -0.1) is 0 Å². The van der Waals surface area contributed by atoms with E-state index in [1.165, 1.54) is 123 Å². The Morgan fingerprint density at radius 2 is 0.650 bits per heavy atom. The molecule has 11 aromatic carbocycles. The van der Waals surface area contributed by atoms with Gasteiger partial charge in [0.2, 0.25) is 0 Å². The topological polar surface area (TPSA) is 0 Å². The first-order chi connectivity index (χ1) is 29.7. The van der Waals surface area contributed by atoms with Crippen molar-refractivity contribution in [2.45, 2.75) is 0 Å². The van der Waals surface area contributed by atoms with E-state index >= 15 is 0 Å². The molecular formula is C58H35Ge2. The van der Waals surface area contributed by atoms with Crippen LogP contribution in [0.3, 0.4) is 0 Å². The van der Waals surface area contributed by atoms with E-state index in [0.29, 0.717) is 0 Å². The zero-order valence-corrected chi connectivity index (χ0v) is 36.9. The third kappa shape index (κ3) is 5.51. The molecule has 0 saturated heterocycles. The average molecular weight is 877 g/mol. The van der Waals surface area contributed by atoms with E-state index in [4.69, 9.17) is 0 Å². The second-order valence-corrected chi connectivity index (χ2v) is 19.7. The summed E-state index contributed by atoms with van der Waals surface area (Å²) >= 11 is 1.81. The normalized spacial score (nSPS) is 12.0. The summed E-state index contributed by atoms with van der Waals surface area (Å²) in [6, 6.07) is 79.6. The third-order valence-electron chi connectivity index (χ3n) is 12.5. The Labute approximate surface area is 364 Å². The second kappa shape index (κ2) is 14.4. The van der Waals surface area contributed by atoms with E-state index in [-0.39, 0.29) is 0 Å². The first-order valence-corrected chi connectivity index (χ1v) is 23.8. The third-order valence-corrected chi connectivity index (χ3v) is 16.4. The summed E-state index contributed by atoms with van der Waals surface area (Å²) in [6.45, 7) is 0. The monoisotopic (exact) mass is 879 g/mol. The van der Waals surface area contributed by atoms with Crippen LogP contribution in [0.25, 0.3) is 110 Å². The Balaban J connectivity index is 1.26. The average Bonchev–Trinajstić information content (AvgIpc) is 3.69. The van der Waals surface area contributed by atoms with E-state index in [1.54, 1.807) is 0 Å². The number of fused-ring (bicyclic) bond motifs is 7. The van der Waals surface area contributed by atoms with Crippen LogP contribution in [-0.2, 0) is 0 Å². The van der Waals surface area contributed by atoms with Crippen LogP contribution in [0.1, 0.15) is 0 Å². The van der Waals surface area contributed by atoms with Crippen molar-refractivity contribution in [1.82, 2.24) is 0 Å². The standard InChI is InChI=1S/C58H35Ge2/c59-52-32-12-10-21-41(52)38-20-5-4-19-37(38)39-27-14-29-47-50(39)35-51-40(42-31-16-34-54-56(42)49-26-11-13-33-53(49)60-54)28-15-30-48(51)58(47)57-45-24-8-6-22-43(45)55(36-17-2-1-3-18-36)44-23-7-9-25-46(44)57/h1-35H. The van der Waals surface area contributed by atoms with Crippen LogP contribution in [0, 0.1) is 0 Å². The number of benzene rings is 11. The number of hydrogen-bond acceptors (Lipinski definition) is 0. The van der Waals surface area contributed by atoms with E-state index in [1.807, 2.05) is 0 Å². The first-order valence-electron chi connectivity index (χ1n) is 20.6. The molecule has 0 spiro atoms. The van der Waals surface area contributed by atoms with E-state index in [0.717, 1.165) is 0 Å². The minimum absolute atomic E-state index is 0.416.